The Bertz CT molecular complexity index is 1250. The Morgan fingerprint density at radius 1 is 1.03 bits per heavy atom. The molecular weight excluding hydrogens is 490 g/mol. The van der Waals surface area contributed by atoms with Crippen LogP contribution in [0.4, 0.5) is 4.79 Å². The Morgan fingerprint density at radius 2 is 1.73 bits per heavy atom. The number of nitrogens with one attached hydrogen (secondary N) is 1. The minimum absolute atomic E-state index is 0.0309. The topological polar surface area (TPSA) is 96.0 Å². The first kappa shape index (κ1) is 25.7. The van der Waals surface area contributed by atoms with Gasteiger partial charge in [0.1, 0.15) is 12.3 Å². The molecule has 0 radical (unpaired) electrons. The highest BCUT2D eigenvalue weighted by Crippen LogP contribution is 2.39. The second-order valence-corrected chi connectivity index (χ2v) is 12.7. The molecule has 0 aromatic heterocycles. The maximum absolute atomic E-state index is 13.8. The summed E-state index contributed by atoms with van der Waals surface area (Å²) in [5, 5.41) is 2.29. The van der Waals surface area contributed by atoms with Gasteiger partial charge in [0.2, 0.25) is 5.91 Å². The van der Waals surface area contributed by atoms with Crippen LogP contribution in [0.1, 0.15) is 49.7 Å². The van der Waals surface area contributed by atoms with Crippen LogP contribution in [-0.4, -0.2) is 68.7 Å². The monoisotopic (exact) mass is 525 g/mol. The van der Waals surface area contributed by atoms with E-state index in [0.29, 0.717) is 17.2 Å². The van der Waals surface area contributed by atoms with Crippen LogP contribution >= 0.6 is 0 Å². The molecule has 37 heavy (non-hydrogen) atoms. The fourth-order valence-electron chi connectivity index (χ4n) is 5.74. The summed E-state index contributed by atoms with van der Waals surface area (Å²) in [4.78, 5) is 27.4. The number of imide groups is 1. The van der Waals surface area contributed by atoms with Gasteiger partial charge in [-0.25, -0.2) is 13.2 Å². The number of ether oxygens (including phenoxy) is 1. The van der Waals surface area contributed by atoms with E-state index in [9.17, 15) is 18.0 Å². The van der Waals surface area contributed by atoms with Gasteiger partial charge in [0.05, 0.1) is 16.8 Å². The van der Waals surface area contributed by atoms with Crippen molar-refractivity contribution in [1.29, 1.82) is 0 Å². The van der Waals surface area contributed by atoms with Crippen LogP contribution < -0.4 is 10.1 Å². The van der Waals surface area contributed by atoms with Gasteiger partial charge in [-0.1, -0.05) is 30.3 Å². The molecule has 9 heteroatoms. The van der Waals surface area contributed by atoms with Crippen molar-refractivity contribution in [1.82, 2.24) is 15.1 Å². The van der Waals surface area contributed by atoms with Crippen LogP contribution in [-0.2, 0) is 26.6 Å². The van der Waals surface area contributed by atoms with E-state index in [2.05, 4.69) is 17.3 Å². The van der Waals surface area contributed by atoms with Gasteiger partial charge < -0.3 is 14.5 Å². The molecular formula is C28H35N3O5S. The molecule has 0 spiro atoms. The summed E-state index contributed by atoms with van der Waals surface area (Å²) in [7, 11) is -1.52. The fraction of sp³-hybridized carbons (Fsp3) is 0.500. The predicted octanol–water partition coefficient (Wildman–Crippen LogP) is 3.50. The highest BCUT2D eigenvalue weighted by Gasteiger charge is 2.40. The lowest BCUT2D eigenvalue weighted by Gasteiger charge is -2.41. The molecule has 8 nitrogen and oxygen atoms in total. The molecule has 0 bridgehead atoms. The van der Waals surface area contributed by atoms with Crippen molar-refractivity contribution >= 4 is 21.8 Å². The first-order chi connectivity index (χ1) is 17.7. The van der Waals surface area contributed by atoms with E-state index in [1.165, 1.54) is 4.90 Å². The van der Waals surface area contributed by atoms with Crippen molar-refractivity contribution in [3.8, 4) is 5.75 Å². The molecule has 2 aliphatic heterocycles. The van der Waals surface area contributed by atoms with Crippen LogP contribution in [0.3, 0.4) is 0 Å². The quantitative estimate of drug-likeness (QED) is 0.530. The van der Waals surface area contributed by atoms with E-state index in [0.717, 1.165) is 62.7 Å². The van der Waals surface area contributed by atoms with Crippen LogP contribution in [0.25, 0.3) is 0 Å². The molecule has 3 amide bonds. The molecule has 2 heterocycles. The number of hydrogen-bond donors (Lipinski definition) is 1. The summed E-state index contributed by atoms with van der Waals surface area (Å²) in [6.07, 6.45) is 5.99. The lowest BCUT2D eigenvalue weighted by molar-refractivity contribution is -0.118. The Labute approximate surface area is 218 Å². The van der Waals surface area contributed by atoms with Crippen molar-refractivity contribution in [2.75, 3.05) is 32.4 Å². The number of nitrogens with zero attached hydrogens (tertiary/aromatic N) is 2. The van der Waals surface area contributed by atoms with Crippen molar-refractivity contribution in [3.63, 3.8) is 0 Å². The summed E-state index contributed by atoms with van der Waals surface area (Å²) in [5.41, 5.74) is 1.39. The van der Waals surface area contributed by atoms with E-state index < -0.39 is 15.3 Å². The zero-order valence-corrected chi connectivity index (χ0v) is 22.1. The van der Waals surface area contributed by atoms with Gasteiger partial charge in [-0.3, -0.25) is 10.1 Å². The number of likely N-dealkylation sites (tertiary alicyclic amines) is 1. The van der Waals surface area contributed by atoms with Gasteiger partial charge in [-0.05, 0) is 88.0 Å². The SMILES string of the molecule is CN1CCC(CS(=O)(=O)c2cccc(OC3CCCC3)c2)(c2ccc(CN3CC(=O)NC3=O)cc2)CC1. The zero-order chi connectivity index (χ0) is 26.0. The minimum Gasteiger partial charge on any atom is -0.490 e. The van der Waals surface area contributed by atoms with E-state index in [1.807, 2.05) is 30.3 Å². The summed E-state index contributed by atoms with van der Waals surface area (Å²) in [6.45, 7) is 2.02. The minimum atomic E-state index is -3.58. The Kier molecular flexibility index (Phi) is 7.27. The van der Waals surface area contributed by atoms with E-state index >= 15 is 0 Å². The molecule has 5 rings (SSSR count). The molecule has 3 aliphatic rings. The van der Waals surface area contributed by atoms with Crippen molar-refractivity contribution in [3.05, 3.63) is 59.7 Å². The third-order valence-corrected chi connectivity index (χ3v) is 9.89. The maximum atomic E-state index is 13.8. The number of carbonyl (C=O) groups is 2. The third-order valence-electron chi connectivity index (χ3n) is 7.99. The van der Waals surface area contributed by atoms with Crippen LogP contribution in [0, 0.1) is 0 Å². The van der Waals surface area contributed by atoms with E-state index in [-0.39, 0.29) is 30.3 Å². The Morgan fingerprint density at radius 3 is 2.38 bits per heavy atom. The molecule has 1 N–H and O–H groups in total. The van der Waals surface area contributed by atoms with E-state index in [4.69, 9.17) is 4.74 Å². The van der Waals surface area contributed by atoms with Crippen molar-refractivity contribution in [2.24, 2.45) is 0 Å². The van der Waals surface area contributed by atoms with Crippen LogP contribution in [0.5, 0.6) is 5.75 Å². The summed E-state index contributed by atoms with van der Waals surface area (Å²) in [6, 6.07) is 14.4. The smallest absolute Gasteiger partial charge is 0.324 e. The molecule has 1 saturated carbocycles. The number of urea groups is 1. The maximum Gasteiger partial charge on any atom is 0.324 e. The van der Waals surface area contributed by atoms with Crippen molar-refractivity contribution in [2.45, 2.75) is 61.5 Å². The van der Waals surface area contributed by atoms with Crippen LogP contribution in [0.2, 0.25) is 0 Å². The second-order valence-electron chi connectivity index (χ2n) is 10.7. The van der Waals surface area contributed by atoms with Crippen molar-refractivity contribution < 1.29 is 22.7 Å². The zero-order valence-electron chi connectivity index (χ0n) is 21.3. The number of amides is 3. The molecule has 2 aromatic rings. The fourth-order valence-corrected chi connectivity index (χ4v) is 7.68. The third kappa shape index (κ3) is 5.83. The lowest BCUT2D eigenvalue weighted by Crippen LogP contribution is -2.45. The average Bonchev–Trinajstić information content (AvgIpc) is 3.50. The van der Waals surface area contributed by atoms with Crippen LogP contribution in [0.15, 0.2) is 53.4 Å². The molecule has 0 unspecified atom stereocenters. The molecule has 3 fully saturated rings. The predicted molar refractivity (Wildman–Crippen MR) is 140 cm³/mol. The molecule has 198 valence electrons. The number of sulfone groups is 1. The number of hydrogen-bond acceptors (Lipinski definition) is 6. The highest BCUT2D eigenvalue weighted by molar-refractivity contribution is 7.91. The lowest BCUT2D eigenvalue weighted by atomic mass is 9.74. The first-order valence-electron chi connectivity index (χ1n) is 13.1. The van der Waals surface area contributed by atoms with E-state index in [1.54, 1.807) is 18.2 Å². The number of rotatable bonds is 8. The average molecular weight is 526 g/mol. The van der Waals surface area contributed by atoms with Gasteiger partial charge in [-0.2, -0.15) is 0 Å². The van der Waals surface area contributed by atoms with Gasteiger partial charge in [-0.15, -0.1) is 0 Å². The Hall–Kier alpha value is -2.91. The number of piperidine rings is 1. The summed E-state index contributed by atoms with van der Waals surface area (Å²) in [5.74, 6) is 0.359. The van der Waals surface area contributed by atoms with Gasteiger partial charge in [0.15, 0.2) is 9.84 Å². The van der Waals surface area contributed by atoms with Gasteiger partial charge in [0, 0.05) is 12.0 Å². The molecule has 2 aromatic carbocycles. The normalized spacial score (nSPS) is 20.8. The van der Waals surface area contributed by atoms with Gasteiger partial charge in [0.25, 0.3) is 0 Å². The Balaban J connectivity index is 1.37. The number of carbonyl (C=O) groups excluding carboxylic acids is 2. The first-order valence-corrected chi connectivity index (χ1v) is 14.7. The largest absolute Gasteiger partial charge is 0.490 e. The summed E-state index contributed by atoms with van der Waals surface area (Å²) < 4.78 is 33.6. The molecule has 2 saturated heterocycles. The second kappa shape index (κ2) is 10.5. The highest BCUT2D eigenvalue weighted by atomic mass is 32.2. The standard InChI is InChI=1S/C28H35N3O5S/c1-30-15-13-28(14-16-30,22-11-9-21(10-12-22)18-31-19-26(32)29-27(31)33)20-37(34,35)25-8-4-7-24(17-25)36-23-5-2-3-6-23/h4,7-12,17,23H,2-3,5-6,13-16,18-20H2,1H3,(H,29,32,33). The molecule has 1 aliphatic carbocycles. The summed E-state index contributed by atoms with van der Waals surface area (Å²) >= 11 is 0. The number of benzene rings is 2. The van der Waals surface area contributed by atoms with Gasteiger partial charge >= 0.3 is 6.03 Å². The molecule has 0 atom stereocenters.